The fourth-order valence-electron chi connectivity index (χ4n) is 1.55. The van der Waals surface area contributed by atoms with E-state index in [9.17, 15) is 14.4 Å². The summed E-state index contributed by atoms with van der Waals surface area (Å²) >= 11 is 0. The highest BCUT2D eigenvalue weighted by Crippen LogP contribution is 2.14. The largest absolute Gasteiger partial charge is 0.460 e. The number of ether oxygens (including phenoxy) is 1. The maximum absolute atomic E-state index is 11.8. The van der Waals surface area contributed by atoms with E-state index >= 15 is 0 Å². The molecular formula is C13H10O5. The highest BCUT2D eigenvalue weighted by Gasteiger charge is 2.13. The lowest BCUT2D eigenvalue weighted by Gasteiger charge is -2.02. The normalized spacial score (nSPS) is 10.3. The van der Waals surface area contributed by atoms with Crippen LogP contribution in [0, 0.1) is 0 Å². The number of rotatable bonds is 3. The molecule has 1 aromatic carbocycles. The molecule has 5 heteroatoms. The van der Waals surface area contributed by atoms with Crippen molar-refractivity contribution in [3.63, 3.8) is 0 Å². The molecule has 0 unspecified atom stereocenters. The van der Waals surface area contributed by atoms with Crippen LogP contribution >= 0.6 is 0 Å². The molecule has 2 rings (SSSR count). The molecule has 92 valence electrons. The fourth-order valence-corrected chi connectivity index (χ4v) is 1.55. The summed E-state index contributed by atoms with van der Waals surface area (Å²) in [6, 6.07) is 5.49. The molecule has 1 aromatic heterocycles. The molecule has 2 aromatic rings. The lowest BCUT2D eigenvalue weighted by Crippen LogP contribution is -2.10. The number of carbonyl (C=O) groups excluding carboxylic acids is 2. The van der Waals surface area contributed by atoms with Crippen LogP contribution < -0.4 is 5.43 Å². The van der Waals surface area contributed by atoms with Crippen molar-refractivity contribution in [2.24, 2.45) is 0 Å². The summed E-state index contributed by atoms with van der Waals surface area (Å²) in [6.07, 6.45) is 0.635. The second kappa shape index (κ2) is 4.83. The minimum absolute atomic E-state index is 0.169. The van der Waals surface area contributed by atoms with Crippen molar-refractivity contribution >= 4 is 23.2 Å². The molecule has 0 saturated carbocycles. The zero-order valence-electron chi connectivity index (χ0n) is 9.64. The Bertz CT molecular complexity index is 669. The van der Waals surface area contributed by atoms with Gasteiger partial charge in [0.05, 0.1) is 12.0 Å². The Morgan fingerprint density at radius 3 is 2.83 bits per heavy atom. The number of fused-ring (bicyclic) bond motifs is 1. The molecule has 1 heterocycles. The minimum Gasteiger partial charge on any atom is -0.460 e. The summed E-state index contributed by atoms with van der Waals surface area (Å²) in [4.78, 5) is 33.9. The molecular weight excluding hydrogens is 236 g/mol. The third-order valence-corrected chi connectivity index (χ3v) is 2.37. The first-order chi connectivity index (χ1) is 8.65. The van der Waals surface area contributed by atoms with Crippen molar-refractivity contribution in [1.29, 1.82) is 0 Å². The second-order valence-corrected chi connectivity index (χ2v) is 3.57. The molecule has 0 saturated heterocycles. The molecule has 0 radical (unpaired) electrons. The van der Waals surface area contributed by atoms with Gasteiger partial charge in [-0.2, -0.15) is 0 Å². The predicted molar refractivity (Wildman–Crippen MR) is 63.8 cm³/mol. The number of aldehydes is 1. The Balaban J connectivity index is 2.62. The van der Waals surface area contributed by atoms with E-state index in [4.69, 9.17) is 9.15 Å². The van der Waals surface area contributed by atoms with Gasteiger partial charge in [-0.3, -0.25) is 9.59 Å². The van der Waals surface area contributed by atoms with Gasteiger partial charge in [-0.1, -0.05) is 6.07 Å². The van der Waals surface area contributed by atoms with Crippen molar-refractivity contribution < 1.29 is 18.7 Å². The molecule has 0 atom stereocenters. The summed E-state index contributed by atoms with van der Waals surface area (Å²) in [6.45, 7) is 1.84. The van der Waals surface area contributed by atoms with Crippen molar-refractivity contribution in [3.05, 3.63) is 45.8 Å². The average molecular weight is 246 g/mol. The molecule has 0 N–H and O–H groups in total. The molecule has 0 bridgehead atoms. The van der Waals surface area contributed by atoms with Crippen LogP contribution in [-0.4, -0.2) is 18.9 Å². The molecule has 5 nitrogen and oxygen atoms in total. The van der Waals surface area contributed by atoms with Gasteiger partial charge < -0.3 is 9.15 Å². The lowest BCUT2D eigenvalue weighted by atomic mass is 10.1. The molecule has 0 aliphatic heterocycles. The van der Waals surface area contributed by atoms with Crippen LogP contribution in [0.1, 0.15) is 27.8 Å². The first-order valence-electron chi connectivity index (χ1n) is 5.36. The van der Waals surface area contributed by atoms with Gasteiger partial charge in [-0.15, -0.1) is 0 Å². The van der Waals surface area contributed by atoms with Crippen LogP contribution in [0.15, 0.2) is 33.5 Å². The third-order valence-electron chi connectivity index (χ3n) is 2.37. The highest BCUT2D eigenvalue weighted by molar-refractivity contribution is 5.90. The average Bonchev–Trinajstić information content (AvgIpc) is 2.38. The first-order valence-corrected chi connectivity index (χ1v) is 5.36. The Labute approximate surface area is 102 Å². The SMILES string of the molecule is CCOC(=O)c1cc(=O)c2ccc(C=O)cc2o1. The topological polar surface area (TPSA) is 73.6 Å². The van der Waals surface area contributed by atoms with Crippen molar-refractivity contribution in [2.75, 3.05) is 6.61 Å². The molecule has 0 amide bonds. The maximum atomic E-state index is 11.8. The zero-order valence-corrected chi connectivity index (χ0v) is 9.64. The number of hydrogen-bond donors (Lipinski definition) is 0. The van der Waals surface area contributed by atoms with Crippen LogP contribution in [0.5, 0.6) is 0 Å². The molecule has 0 aliphatic rings. The fraction of sp³-hybridized carbons (Fsp3) is 0.154. The monoisotopic (exact) mass is 246 g/mol. The van der Waals surface area contributed by atoms with E-state index in [0.29, 0.717) is 17.2 Å². The van der Waals surface area contributed by atoms with Crippen LogP contribution in [0.4, 0.5) is 0 Å². The number of esters is 1. The van der Waals surface area contributed by atoms with Gasteiger partial charge in [-0.25, -0.2) is 4.79 Å². The van der Waals surface area contributed by atoms with Gasteiger partial charge >= 0.3 is 5.97 Å². The van der Waals surface area contributed by atoms with Crippen LogP contribution in [-0.2, 0) is 4.74 Å². The quantitative estimate of drug-likeness (QED) is 0.609. The molecule has 0 spiro atoms. The standard InChI is InChI=1S/C13H10O5/c1-2-17-13(16)12-6-10(15)9-4-3-8(7-14)5-11(9)18-12/h3-7H,2H2,1H3. The predicted octanol–water partition coefficient (Wildman–Crippen LogP) is 1.78. The summed E-state index contributed by atoms with van der Waals surface area (Å²) in [5.74, 6) is -0.870. The Hall–Kier alpha value is -2.43. The smallest absolute Gasteiger partial charge is 0.374 e. The Morgan fingerprint density at radius 1 is 1.39 bits per heavy atom. The third kappa shape index (κ3) is 2.15. The summed E-state index contributed by atoms with van der Waals surface area (Å²) in [7, 11) is 0. The van der Waals surface area contributed by atoms with E-state index in [2.05, 4.69) is 0 Å². The van der Waals surface area contributed by atoms with Gasteiger partial charge in [0.2, 0.25) is 5.76 Å². The van der Waals surface area contributed by atoms with Gasteiger partial charge in [-0.05, 0) is 19.1 Å². The maximum Gasteiger partial charge on any atom is 0.374 e. The number of hydrogen-bond acceptors (Lipinski definition) is 5. The summed E-state index contributed by atoms with van der Waals surface area (Å²) < 4.78 is 10.0. The van der Waals surface area contributed by atoms with E-state index in [1.165, 1.54) is 18.2 Å². The Kier molecular flexibility index (Phi) is 3.23. The van der Waals surface area contributed by atoms with Crippen molar-refractivity contribution in [1.82, 2.24) is 0 Å². The van der Waals surface area contributed by atoms with Crippen molar-refractivity contribution in [2.45, 2.75) is 6.92 Å². The van der Waals surface area contributed by atoms with Gasteiger partial charge in [0.15, 0.2) is 5.43 Å². The summed E-state index contributed by atoms with van der Waals surface area (Å²) in [5, 5.41) is 0.314. The highest BCUT2D eigenvalue weighted by atomic mass is 16.5. The minimum atomic E-state index is -0.701. The van der Waals surface area contributed by atoms with Crippen LogP contribution in [0.3, 0.4) is 0 Å². The van der Waals surface area contributed by atoms with Gasteiger partial charge in [0, 0.05) is 11.6 Å². The number of benzene rings is 1. The van der Waals surface area contributed by atoms with Crippen LogP contribution in [0.2, 0.25) is 0 Å². The van der Waals surface area contributed by atoms with Gasteiger partial charge in [0.25, 0.3) is 0 Å². The van der Waals surface area contributed by atoms with E-state index < -0.39 is 5.97 Å². The van der Waals surface area contributed by atoms with E-state index in [1.807, 2.05) is 0 Å². The zero-order chi connectivity index (χ0) is 13.1. The molecule has 0 aliphatic carbocycles. The van der Waals surface area contributed by atoms with Gasteiger partial charge in [0.1, 0.15) is 11.9 Å². The lowest BCUT2D eigenvalue weighted by molar-refractivity contribution is 0.0490. The first kappa shape index (κ1) is 12.0. The Morgan fingerprint density at radius 2 is 2.17 bits per heavy atom. The number of carbonyl (C=O) groups is 2. The second-order valence-electron chi connectivity index (χ2n) is 3.57. The van der Waals surface area contributed by atoms with Crippen molar-refractivity contribution in [3.8, 4) is 0 Å². The van der Waals surface area contributed by atoms with Crippen LogP contribution in [0.25, 0.3) is 11.0 Å². The van der Waals surface area contributed by atoms with E-state index in [0.717, 1.165) is 6.07 Å². The molecule has 18 heavy (non-hydrogen) atoms. The molecule has 0 fully saturated rings. The summed E-state index contributed by atoms with van der Waals surface area (Å²) in [5.41, 5.74) is 0.207. The van der Waals surface area contributed by atoms with E-state index in [-0.39, 0.29) is 23.4 Å². The van der Waals surface area contributed by atoms with E-state index in [1.54, 1.807) is 6.92 Å².